The van der Waals surface area contributed by atoms with Crippen molar-refractivity contribution in [2.75, 3.05) is 4.90 Å². The van der Waals surface area contributed by atoms with E-state index >= 15 is 0 Å². The van der Waals surface area contributed by atoms with Crippen molar-refractivity contribution in [3.8, 4) is 0 Å². The van der Waals surface area contributed by atoms with Crippen molar-refractivity contribution >= 4 is 103 Å². The van der Waals surface area contributed by atoms with Gasteiger partial charge in [-0.1, -0.05) is 103 Å². The van der Waals surface area contributed by atoms with Crippen LogP contribution in [0.4, 0.5) is 17.1 Å². The van der Waals surface area contributed by atoms with E-state index in [0.717, 1.165) is 74.4 Å². The van der Waals surface area contributed by atoms with Crippen molar-refractivity contribution in [3.05, 3.63) is 152 Å². The Balaban J connectivity index is 1.36. The molecule has 2 heterocycles. The molecular formula is C42H25NOS. The zero-order chi connectivity index (χ0) is 33.8. The smallest absolute Gasteiger partial charge is 0.143 e. The summed E-state index contributed by atoms with van der Waals surface area (Å²) in [6.07, 6.45) is 0. The number of hydrogen-bond acceptors (Lipinski definition) is 3. The van der Waals surface area contributed by atoms with Crippen LogP contribution in [0.1, 0.15) is 6.85 Å². The number of thiophene rings is 1. The van der Waals surface area contributed by atoms with E-state index in [-0.39, 0.29) is 29.9 Å². The molecule has 3 heteroatoms. The molecule has 0 fully saturated rings. The lowest BCUT2D eigenvalue weighted by molar-refractivity contribution is 0.676. The second-order valence-electron chi connectivity index (χ2n) is 11.3. The van der Waals surface area contributed by atoms with Gasteiger partial charge in [-0.05, 0) is 64.6 Å². The Hall–Kier alpha value is -5.64. The Bertz CT molecular complexity index is 3040. The fourth-order valence-electron chi connectivity index (χ4n) is 6.91. The standard InChI is InChI=1S/C42H25NOS/c1-2-12-28(13-3-1)43(29-20-23-38-36(24-29)40-30-14-6-4-10-26(30)19-22-39(40)45-38)37-25-35-34-21-18-27-11-5-7-15-31(27)41(34)44-42(35)33-17-9-8-16-32(33)37/h1-25H/i1D,2D,3D,12D,13D. The molecule has 0 aliphatic rings. The molecule has 0 unspecified atom stereocenters. The molecule has 0 saturated carbocycles. The number of para-hydroxylation sites is 1. The van der Waals surface area contributed by atoms with Gasteiger partial charge in [0.05, 0.1) is 12.5 Å². The van der Waals surface area contributed by atoms with Crippen LogP contribution in [0.15, 0.2) is 156 Å². The molecule has 45 heavy (non-hydrogen) atoms. The van der Waals surface area contributed by atoms with Gasteiger partial charge in [0.25, 0.3) is 0 Å². The lowest BCUT2D eigenvalue weighted by Crippen LogP contribution is -2.10. The summed E-state index contributed by atoms with van der Waals surface area (Å²) < 4.78 is 53.0. The van der Waals surface area contributed by atoms with Crippen molar-refractivity contribution in [2.45, 2.75) is 0 Å². The highest BCUT2D eigenvalue weighted by Crippen LogP contribution is 2.47. The highest BCUT2D eigenvalue weighted by Gasteiger charge is 2.21. The highest BCUT2D eigenvalue weighted by molar-refractivity contribution is 7.26. The van der Waals surface area contributed by atoms with Crippen molar-refractivity contribution in [3.63, 3.8) is 0 Å². The number of anilines is 3. The van der Waals surface area contributed by atoms with Gasteiger partial charge in [-0.15, -0.1) is 11.3 Å². The second-order valence-corrected chi connectivity index (χ2v) is 12.4. The van der Waals surface area contributed by atoms with Crippen LogP contribution < -0.4 is 4.90 Å². The molecule has 0 saturated heterocycles. The average molecular weight is 597 g/mol. The fourth-order valence-corrected chi connectivity index (χ4v) is 8.01. The molecule has 0 bridgehead atoms. The van der Waals surface area contributed by atoms with E-state index in [2.05, 4.69) is 60.7 Å². The summed E-state index contributed by atoms with van der Waals surface area (Å²) in [5.41, 5.74) is 2.98. The molecule has 2 nitrogen and oxygen atoms in total. The molecule has 0 atom stereocenters. The minimum atomic E-state index is -0.428. The molecule has 0 radical (unpaired) electrons. The maximum Gasteiger partial charge on any atom is 0.143 e. The van der Waals surface area contributed by atoms with Crippen molar-refractivity contribution in [1.29, 1.82) is 0 Å². The van der Waals surface area contributed by atoms with Crippen molar-refractivity contribution in [2.24, 2.45) is 0 Å². The Morgan fingerprint density at radius 1 is 0.489 bits per heavy atom. The third-order valence-corrected chi connectivity index (χ3v) is 10.0. The van der Waals surface area contributed by atoms with Gasteiger partial charge in [0.15, 0.2) is 0 Å². The second kappa shape index (κ2) is 9.43. The van der Waals surface area contributed by atoms with Crippen LogP contribution in [0.2, 0.25) is 0 Å². The van der Waals surface area contributed by atoms with E-state index in [9.17, 15) is 0 Å². The largest absolute Gasteiger partial charge is 0.455 e. The van der Waals surface area contributed by atoms with Gasteiger partial charge in [-0.25, -0.2) is 0 Å². The van der Waals surface area contributed by atoms with Crippen molar-refractivity contribution < 1.29 is 11.3 Å². The molecule has 10 aromatic rings. The van der Waals surface area contributed by atoms with Crippen LogP contribution in [0, 0.1) is 0 Å². The summed E-state index contributed by atoms with van der Waals surface area (Å²) in [4.78, 5) is 1.84. The van der Waals surface area contributed by atoms with Gasteiger partial charge in [-0.3, -0.25) is 0 Å². The first-order chi connectivity index (χ1) is 24.4. The van der Waals surface area contributed by atoms with E-state index in [4.69, 9.17) is 11.3 Å². The number of rotatable bonds is 3. The molecule has 0 aliphatic heterocycles. The highest BCUT2D eigenvalue weighted by atomic mass is 32.1. The van der Waals surface area contributed by atoms with Crippen LogP contribution in [0.5, 0.6) is 0 Å². The van der Waals surface area contributed by atoms with Gasteiger partial charge in [-0.2, -0.15) is 0 Å². The molecule has 0 N–H and O–H groups in total. The fraction of sp³-hybridized carbons (Fsp3) is 0. The van der Waals surface area contributed by atoms with Crippen LogP contribution in [-0.2, 0) is 0 Å². The van der Waals surface area contributed by atoms with Gasteiger partial charge in [0.2, 0.25) is 0 Å². The number of fused-ring (bicyclic) bond motifs is 12. The Morgan fingerprint density at radius 2 is 1.13 bits per heavy atom. The van der Waals surface area contributed by atoms with E-state index in [1.807, 2.05) is 65.6 Å². The summed E-state index contributed by atoms with van der Waals surface area (Å²) in [6.45, 7) is 0. The molecule has 10 rings (SSSR count). The van der Waals surface area contributed by atoms with Gasteiger partial charge in [0, 0.05) is 58.5 Å². The zero-order valence-corrected chi connectivity index (χ0v) is 24.6. The molecular weight excluding hydrogens is 567 g/mol. The monoisotopic (exact) mass is 596 g/mol. The molecule has 0 spiro atoms. The first-order valence-corrected chi connectivity index (χ1v) is 15.7. The predicted molar refractivity (Wildman–Crippen MR) is 194 cm³/mol. The lowest BCUT2D eigenvalue weighted by atomic mass is 10.0. The first kappa shape index (κ1) is 20.3. The molecule has 2 aromatic heterocycles. The first-order valence-electron chi connectivity index (χ1n) is 17.4. The van der Waals surface area contributed by atoms with Gasteiger partial charge >= 0.3 is 0 Å². The number of furan rings is 1. The molecule has 8 aromatic carbocycles. The van der Waals surface area contributed by atoms with E-state index in [0.29, 0.717) is 11.4 Å². The van der Waals surface area contributed by atoms with Crippen molar-refractivity contribution in [1.82, 2.24) is 0 Å². The number of nitrogens with zero attached hydrogens (tertiary/aromatic N) is 1. The van der Waals surface area contributed by atoms with Crippen LogP contribution in [0.3, 0.4) is 0 Å². The third-order valence-electron chi connectivity index (χ3n) is 8.90. The summed E-state index contributed by atoms with van der Waals surface area (Å²) >= 11 is 1.72. The summed E-state index contributed by atoms with van der Waals surface area (Å²) in [5, 5.41) is 10.1. The summed E-state index contributed by atoms with van der Waals surface area (Å²) in [7, 11) is 0. The maximum absolute atomic E-state index is 9.17. The molecule has 0 amide bonds. The zero-order valence-electron chi connectivity index (χ0n) is 28.8. The Kier molecular flexibility index (Phi) is 4.26. The van der Waals surface area contributed by atoms with Crippen LogP contribution in [-0.4, -0.2) is 0 Å². The summed E-state index contributed by atoms with van der Waals surface area (Å²) in [5.74, 6) is 0. The van der Waals surface area contributed by atoms with Gasteiger partial charge < -0.3 is 9.32 Å². The third kappa shape index (κ3) is 3.62. The molecule has 210 valence electrons. The maximum atomic E-state index is 9.17. The average Bonchev–Trinajstić information content (AvgIpc) is 3.73. The lowest BCUT2D eigenvalue weighted by Gasteiger charge is -2.27. The Morgan fingerprint density at radius 3 is 1.98 bits per heavy atom. The SMILES string of the molecule is [2H]c1c([2H])c([2H])c(N(c2ccc3sc4ccc5ccccc5c4c3c2)c2cc3c4ccc5ccccc5c4oc3c3ccccc23)c([2H])c1[2H]. The van der Waals surface area contributed by atoms with Crippen LogP contribution in [0.25, 0.3) is 74.4 Å². The quantitative estimate of drug-likeness (QED) is 0.202. The minimum absolute atomic E-state index is 0.0856. The summed E-state index contributed by atoms with van der Waals surface area (Å²) in [6, 6.07) is 39.4. The van der Waals surface area contributed by atoms with E-state index in [1.165, 1.54) is 0 Å². The van der Waals surface area contributed by atoms with E-state index in [1.54, 1.807) is 11.3 Å². The normalized spacial score (nSPS) is 13.6. The van der Waals surface area contributed by atoms with Gasteiger partial charge in [0.1, 0.15) is 11.2 Å². The van der Waals surface area contributed by atoms with E-state index < -0.39 is 6.04 Å². The number of hydrogen-bond donors (Lipinski definition) is 0. The van der Waals surface area contributed by atoms with Crippen LogP contribution >= 0.6 is 11.3 Å². The Labute approximate surface area is 270 Å². The minimum Gasteiger partial charge on any atom is -0.455 e. The number of benzene rings is 8. The molecule has 0 aliphatic carbocycles. The predicted octanol–water partition coefficient (Wildman–Crippen LogP) is 12.9. The topological polar surface area (TPSA) is 16.4 Å².